The fraction of sp³-hybridized carbons (Fsp3) is 0.417. The second-order valence-corrected chi connectivity index (χ2v) is 3.83. The number of nitriles is 1. The van der Waals surface area contributed by atoms with E-state index < -0.39 is 5.82 Å². The summed E-state index contributed by atoms with van der Waals surface area (Å²) in [4.78, 5) is 0. The number of halogens is 1. The molecule has 1 aromatic rings. The molecular weight excluding hydrogens is 193 g/mol. The van der Waals surface area contributed by atoms with Crippen LogP contribution >= 0.6 is 0 Å². The summed E-state index contributed by atoms with van der Waals surface area (Å²) in [6.07, 6.45) is 3.64. The Kier molecular flexibility index (Phi) is 2.86. The number of nitrogens with zero attached hydrogens (tertiary/aromatic N) is 1. The predicted octanol–water partition coefficient (Wildman–Crippen LogP) is 2.88. The molecule has 0 N–H and O–H groups in total. The zero-order valence-electron chi connectivity index (χ0n) is 8.37. The van der Waals surface area contributed by atoms with Gasteiger partial charge in [-0.3, -0.25) is 0 Å². The Bertz CT molecular complexity index is 393. The van der Waals surface area contributed by atoms with E-state index >= 15 is 0 Å². The molecular formula is C12H12FNO. The summed E-state index contributed by atoms with van der Waals surface area (Å²) in [6, 6.07) is 6.13. The first-order valence-electron chi connectivity index (χ1n) is 5.12. The van der Waals surface area contributed by atoms with Gasteiger partial charge in [0.05, 0.1) is 12.2 Å². The van der Waals surface area contributed by atoms with Gasteiger partial charge in [-0.15, -0.1) is 0 Å². The summed E-state index contributed by atoms with van der Waals surface area (Å²) in [5.74, 6) is 0.807. The first kappa shape index (κ1) is 9.97. The van der Waals surface area contributed by atoms with Crippen molar-refractivity contribution in [3.8, 4) is 11.8 Å². The first-order chi connectivity index (χ1) is 7.29. The van der Waals surface area contributed by atoms with Crippen LogP contribution in [0.5, 0.6) is 5.75 Å². The zero-order chi connectivity index (χ0) is 10.7. The van der Waals surface area contributed by atoms with Crippen LogP contribution in [-0.2, 0) is 0 Å². The molecule has 0 saturated heterocycles. The average molecular weight is 205 g/mol. The molecule has 0 spiro atoms. The largest absolute Gasteiger partial charge is 0.493 e. The van der Waals surface area contributed by atoms with Gasteiger partial charge in [0.25, 0.3) is 0 Å². The van der Waals surface area contributed by atoms with Crippen molar-refractivity contribution in [1.82, 2.24) is 0 Å². The Hall–Kier alpha value is -1.56. The van der Waals surface area contributed by atoms with Crippen LogP contribution in [0.4, 0.5) is 4.39 Å². The molecule has 0 unspecified atom stereocenters. The van der Waals surface area contributed by atoms with Gasteiger partial charge in [-0.05, 0) is 24.5 Å². The highest BCUT2D eigenvalue weighted by Crippen LogP contribution is 2.32. The van der Waals surface area contributed by atoms with Crippen LogP contribution in [0.3, 0.4) is 0 Å². The third kappa shape index (κ3) is 2.69. The lowest BCUT2D eigenvalue weighted by Gasteiger charge is -2.05. The van der Waals surface area contributed by atoms with E-state index in [0.717, 1.165) is 12.3 Å². The van der Waals surface area contributed by atoms with E-state index in [4.69, 9.17) is 10.00 Å². The minimum atomic E-state index is -0.513. The molecule has 2 nitrogen and oxygen atoms in total. The van der Waals surface area contributed by atoms with Crippen molar-refractivity contribution in [3.05, 3.63) is 29.6 Å². The SMILES string of the molecule is N#Cc1ccc(OCCC2CC2)cc1F. The van der Waals surface area contributed by atoms with Crippen molar-refractivity contribution >= 4 is 0 Å². The quantitative estimate of drug-likeness (QED) is 0.757. The number of hydrogen-bond donors (Lipinski definition) is 0. The van der Waals surface area contributed by atoms with Crippen LogP contribution in [0.15, 0.2) is 18.2 Å². The molecule has 1 aliphatic carbocycles. The van der Waals surface area contributed by atoms with Crippen molar-refractivity contribution in [2.45, 2.75) is 19.3 Å². The van der Waals surface area contributed by atoms with E-state index in [0.29, 0.717) is 12.4 Å². The maximum atomic E-state index is 13.1. The molecule has 0 aliphatic heterocycles. The van der Waals surface area contributed by atoms with Gasteiger partial charge in [0.1, 0.15) is 17.6 Å². The molecule has 0 heterocycles. The molecule has 0 radical (unpaired) electrons. The predicted molar refractivity (Wildman–Crippen MR) is 54.0 cm³/mol. The fourth-order valence-corrected chi connectivity index (χ4v) is 1.43. The standard InChI is InChI=1S/C12H12FNO/c13-12-7-11(4-3-10(12)8-14)15-6-5-9-1-2-9/h3-4,7,9H,1-2,5-6H2. The van der Waals surface area contributed by atoms with Gasteiger partial charge in [-0.2, -0.15) is 5.26 Å². The van der Waals surface area contributed by atoms with E-state index in [2.05, 4.69) is 0 Å². The summed E-state index contributed by atoms with van der Waals surface area (Å²) >= 11 is 0. The fourth-order valence-electron chi connectivity index (χ4n) is 1.43. The topological polar surface area (TPSA) is 33.0 Å². The normalized spacial score (nSPS) is 14.7. The van der Waals surface area contributed by atoms with Gasteiger partial charge in [0.15, 0.2) is 0 Å². The van der Waals surface area contributed by atoms with Crippen molar-refractivity contribution in [1.29, 1.82) is 5.26 Å². The van der Waals surface area contributed by atoms with Gasteiger partial charge >= 0.3 is 0 Å². The number of rotatable bonds is 4. The lowest BCUT2D eigenvalue weighted by atomic mass is 10.2. The van der Waals surface area contributed by atoms with Crippen molar-refractivity contribution in [2.24, 2.45) is 5.92 Å². The summed E-state index contributed by atoms with van der Waals surface area (Å²) in [5, 5.41) is 8.54. The molecule has 0 amide bonds. The molecule has 1 aliphatic rings. The van der Waals surface area contributed by atoms with Gasteiger partial charge in [0.2, 0.25) is 0 Å². The second kappa shape index (κ2) is 4.31. The monoisotopic (exact) mass is 205 g/mol. The number of benzene rings is 1. The summed E-state index contributed by atoms with van der Waals surface area (Å²) in [6.45, 7) is 0.635. The van der Waals surface area contributed by atoms with E-state index in [9.17, 15) is 4.39 Å². The summed E-state index contributed by atoms with van der Waals surface area (Å²) < 4.78 is 18.5. The van der Waals surface area contributed by atoms with Gasteiger partial charge in [-0.1, -0.05) is 12.8 Å². The Morgan fingerprint density at radius 3 is 2.87 bits per heavy atom. The van der Waals surface area contributed by atoms with Crippen LogP contribution in [0.25, 0.3) is 0 Å². The average Bonchev–Trinajstić information content (AvgIpc) is 3.02. The molecule has 78 valence electrons. The Morgan fingerprint density at radius 1 is 1.47 bits per heavy atom. The van der Waals surface area contributed by atoms with Crippen LogP contribution in [0.2, 0.25) is 0 Å². The van der Waals surface area contributed by atoms with Crippen LogP contribution < -0.4 is 4.74 Å². The molecule has 0 atom stereocenters. The molecule has 1 fully saturated rings. The van der Waals surface area contributed by atoms with E-state index in [1.807, 2.05) is 0 Å². The number of ether oxygens (including phenoxy) is 1. The molecule has 0 bridgehead atoms. The van der Waals surface area contributed by atoms with Gasteiger partial charge in [0, 0.05) is 6.07 Å². The van der Waals surface area contributed by atoms with E-state index in [-0.39, 0.29) is 5.56 Å². The van der Waals surface area contributed by atoms with Crippen molar-refractivity contribution in [3.63, 3.8) is 0 Å². The Balaban J connectivity index is 1.90. The summed E-state index contributed by atoms with van der Waals surface area (Å²) in [7, 11) is 0. The molecule has 1 saturated carbocycles. The second-order valence-electron chi connectivity index (χ2n) is 3.83. The maximum absolute atomic E-state index is 13.1. The number of hydrogen-bond acceptors (Lipinski definition) is 2. The molecule has 1 aromatic carbocycles. The molecule has 3 heteroatoms. The minimum absolute atomic E-state index is 0.0598. The molecule has 2 rings (SSSR count). The van der Waals surface area contributed by atoms with Crippen molar-refractivity contribution in [2.75, 3.05) is 6.61 Å². The first-order valence-corrected chi connectivity index (χ1v) is 5.12. The van der Waals surface area contributed by atoms with E-state index in [1.165, 1.54) is 25.0 Å². The Morgan fingerprint density at radius 2 is 2.27 bits per heavy atom. The van der Waals surface area contributed by atoms with Crippen LogP contribution in [-0.4, -0.2) is 6.61 Å². The van der Waals surface area contributed by atoms with Crippen LogP contribution in [0, 0.1) is 23.1 Å². The van der Waals surface area contributed by atoms with Gasteiger partial charge in [-0.25, -0.2) is 4.39 Å². The van der Waals surface area contributed by atoms with Gasteiger partial charge < -0.3 is 4.74 Å². The lowest BCUT2D eigenvalue weighted by molar-refractivity contribution is 0.301. The third-order valence-electron chi connectivity index (χ3n) is 2.55. The maximum Gasteiger partial charge on any atom is 0.144 e. The minimum Gasteiger partial charge on any atom is -0.493 e. The zero-order valence-corrected chi connectivity index (χ0v) is 8.37. The highest BCUT2D eigenvalue weighted by molar-refractivity contribution is 5.36. The smallest absolute Gasteiger partial charge is 0.144 e. The summed E-state index contributed by atoms with van der Waals surface area (Å²) in [5.41, 5.74) is 0.0598. The molecule has 0 aromatic heterocycles. The van der Waals surface area contributed by atoms with Crippen molar-refractivity contribution < 1.29 is 9.13 Å². The lowest BCUT2D eigenvalue weighted by Crippen LogP contribution is -1.98. The molecule has 15 heavy (non-hydrogen) atoms. The van der Waals surface area contributed by atoms with Crippen LogP contribution in [0.1, 0.15) is 24.8 Å². The Labute approximate surface area is 88.3 Å². The highest BCUT2D eigenvalue weighted by atomic mass is 19.1. The third-order valence-corrected chi connectivity index (χ3v) is 2.55. The van der Waals surface area contributed by atoms with E-state index in [1.54, 1.807) is 12.1 Å². The highest BCUT2D eigenvalue weighted by Gasteiger charge is 2.20.